The monoisotopic (exact) mass is 588 g/mol. The molecule has 0 radical (unpaired) electrons. The summed E-state index contributed by atoms with van der Waals surface area (Å²) in [7, 11) is 0. The highest BCUT2D eigenvalue weighted by Crippen LogP contribution is 2.23. The Hall–Kier alpha value is -3.17. The maximum absolute atomic E-state index is 12.6. The number of ether oxygens (including phenoxy) is 3. The number of hydrogen-bond acceptors (Lipinski definition) is 6. The third-order valence-corrected chi connectivity index (χ3v) is 5.47. The van der Waals surface area contributed by atoms with E-state index < -0.39 is 18.0 Å². The van der Waals surface area contributed by atoms with Crippen LogP contribution >= 0.6 is 31.9 Å². The topological polar surface area (TPSA) is 86.2 Å². The second kappa shape index (κ2) is 12.3. The van der Waals surface area contributed by atoms with Crippen molar-refractivity contribution in [2.45, 2.75) is 20.0 Å². The van der Waals surface area contributed by atoms with Crippen LogP contribution in [0.4, 0.5) is 0 Å². The van der Waals surface area contributed by atoms with Crippen LogP contribution in [0.3, 0.4) is 0 Å². The summed E-state index contributed by atoms with van der Waals surface area (Å²) >= 11 is 6.74. The molecule has 9 heteroatoms. The lowest BCUT2D eigenvalue weighted by atomic mass is 10.2. The first-order valence-electron chi connectivity index (χ1n) is 10.4. The first-order chi connectivity index (χ1) is 16.4. The SMILES string of the molecule is CCOc1ccc(C(=O)Oc2ccc(Br)cc2C=NNC(=O)C(C)Oc2ccc(Br)cc2)cc1. The van der Waals surface area contributed by atoms with Crippen molar-refractivity contribution in [3.63, 3.8) is 0 Å². The number of nitrogens with zero attached hydrogens (tertiary/aromatic N) is 1. The highest BCUT2D eigenvalue weighted by atomic mass is 79.9. The van der Waals surface area contributed by atoms with Gasteiger partial charge in [-0.1, -0.05) is 31.9 Å². The lowest BCUT2D eigenvalue weighted by Gasteiger charge is -2.13. The molecule has 1 unspecified atom stereocenters. The fourth-order valence-corrected chi connectivity index (χ4v) is 3.40. The lowest BCUT2D eigenvalue weighted by Crippen LogP contribution is -2.33. The maximum atomic E-state index is 12.6. The number of benzene rings is 3. The number of nitrogens with one attached hydrogen (secondary N) is 1. The van der Waals surface area contributed by atoms with Crippen LogP contribution in [-0.2, 0) is 4.79 Å². The first kappa shape index (κ1) is 25.5. The normalized spacial score (nSPS) is 11.6. The summed E-state index contributed by atoms with van der Waals surface area (Å²) < 4.78 is 18.2. The minimum absolute atomic E-state index is 0.291. The molecule has 0 fully saturated rings. The molecule has 0 heterocycles. The molecular formula is C25H22Br2N2O5. The number of hydrazone groups is 1. The molecule has 34 heavy (non-hydrogen) atoms. The minimum Gasteiger partial charge on any atom is -0.494 e. The van der Waals surface area contributed by atoms with E-state index in [0.717, 1.165) is 8.95 Å². The van der Waals surface area contributed by atoms with E-state index in [1.807, 2.05) is 19.1 Å². The van der Waals surface area contributed by atoms with Gasteiger partial charge in [-0.3, -0.25) is 4.79 Å². The second-order valence-electron chi connectivity index (χ2n) is 6.98. The molecule has 1 atom stereocenters. The molecule has 0 spiro atoms. The van der Waals surface area contributed by atoms with Crippen molar-refractivity contribution in [1.29, 1.82) is 0 Å². The Balaban J connectivity index is 1.64. The number of hydrogen-bond donors (Lipinski definition) is 1. The summed E-state index contributed by atoms with van der Waals surface area (Å²) in [4.78, 5) is 24.9. The molecule has 0 aromatic heterocycles. The molecule has 0 bridgehead atoms. The Morgan fingerprint density at radius 3 is 2.29 bits per heavy atom. The van der Waals surface area contributed by atoms with Crippen LogP contribution in [0.25, 0.3) is 0 Å². The Kier molecular flexibility index (Phi) is 9.24. The number of rotatable bonds is 9. The van der Waals surface area contributed by atoms with Crippen molar-refractivity contribution in [3.8, 4) is 17.2 Å². The third-order valence-electron chi connectivity index (χ3n) is 4.45. The number of carbonyl (C=O) groups is 2. The van der Waals surface area contributed by atoms with E-state index in [1.165, 1.54) is 6.21 Å². The van der Waals surface area contributed by atoms with E-state index in [2.05, 4.69) is 42.4 Å². The molecule has 1 amide bonds. The van der Waals surface area contributed by atoms with Gasteiger partial charge in [0.1, 0.15) is 17.2 Å². The van der Waals surface area contributed by atoms with Crippen LogP contribution in [-0.4, -0.2) is 30.8 Å². The summed E-state index contributed by atoms with van der Waals surface area (Å²) in [5.41, 5.74) is 3.31. The molecule has 1 N–H and O–H groups in total. The maximum Gasteiger partial charge on any atom is 0.343 e. The quantitative estimate of drug-likeness (QED) is 0.149. The lowest BCUT2D eigenvalue weighted by molar-refractivity contribution is -0.127. The molecule has 0 saturated heterocycles. The summed E-state index contributed by atoms with van der Waals surface area (Å²) in [5.74, 6) is 0.567. The second-order valence-corrected chi connectivity index (χ2v) is 8.81. The molecule has 3 rings (SSSR count). The Morgan fingerprint density at radius 2 is 1.62 bits per heavy atom. The van der Waals surface area contributed by atoms with Gasteiger partial charge in [0.25, 0.3) is 5.91 Å². The molecular weight excluding hydrogens is 568 g/mol. The van der Waals surface area contributed by atoms with Gasteiger partial charge in [0.15, 0.2) is 6.10 Å². The summed E-state index contributed by atoms with van der Waals surface area (Å²) in [6, 6.07) is 18.9. The van der Waals surface area contributed by atoms with Gasteiger partial charge in [-0.15, -0.1) is 0 Å². The number of amides is 1. The molecule has 0 aliphatic heterocycles. The van der Waals surface area contributed by atoms with Crippen LogP contribution in [0, 0.1) is 0 Å². The Morgan fingerprint density at radius 1 is 0.971 bits per heavy atom. The summed E-state index contributed by atoms with van der Waals surface area (Å²) in [6.07, 6.45) is 0.633. The van der Waals surface area contributed by atoms with Gasteiger partial charge in [-0.25, -0.2) is 10.2 Å². The predicted octanol–water partition coefficient (Wildman–Crippen LogP) is 5.75. The van der Waals surface area contributed by atoms with Crippen molar-refractivity contribution in [2.24, 2.45) is 5.10 Å². The molecule has 3 aromatic carbocycles. The molecule has 176 valence electrons. The van der Waals surface area contributed by atoms with E-state index in [0.29, 0.717) is 35.0 Å². The summed E-state index contributed by atoms with van der Waals surface area (Å²) in [5, 5.41) is 3.99. The van der Waals surface area contributed by atoms with Crippen LogP contribution in [0.1, 0.15) is 29.8 Å². The summed E-state index contributed by atoms with van der Waals surface area (Å²) in [6.45, 7) is 4.05. The van der Waals surface area contributed by atoms with Gasteiger partial charge in [-0.2, -0.15) is 5.10 Å². The van der Waals surface area contributed by atoms with Crippen molar-refractivity contribution in [3.05, 3.63) is 86.8 Å². The van der Waals surface area contributed by atoms with Gasteiger partial charge in [0.2, 0.25) is 0 Å². The van der Waals surface area contributed by atoms with Gasteiger partial charge < -0.3 is 14.2 Å². The average Bonchev–Trinajstić information content (AvgIpc) is 2.82. The van der Waals surface area contributed by atoms with E-state index in [4.69, 9.17) is 14.2 Å². The first-order valence-corrected chi connectivity index (χ1v) is 11.9. The van der Waals surface area contributed by atoms with Gasteiger partial charge in [-0.05, 0) is 80.6 Å². The van der Waals surface area contributed by atoms with E-state index >= 15 is 0 Å². The highest BCUT2D eigenvalue weighted by Gasteiger charge is 2.15. The zero-order valence-electron chi connectivity index (χ0n) is 18.5. The molecule has 0 aliphatic rings. The minimum atomic E-state index is -0.766. The van der Waals surface area contributed by atoms with Crippen molar-refractivity contribution < 1.29 is 23.8 Å². The highest BCUT2D eigenvalue weighted by molar-refractivity contribution is 9.10. The van der Waals surface area contributed by atoms with Crippen LogP contribution in [0.5, 0.6) is 17.2 Å². The Bertz CT molecular complexity index is 1160. The van der Waals surface area contributed by atoms with Gasteiger partial charge in [0.05, 0.1) is 18.4 Å². The average molecular weight is 590 g/mol. The molecule has 0 saturated carbocycles. The van der Waals surface area contributed by atoms with Crippen LogP contribution in [0.2, 0.25) is 0 Å². The van der Waals surface area contributed by atoms with Crippen molar-refractivity contribution >= 4 is 50.0 Å². The molecule has 7 nitrogen and oxygen atoms in total. The van der Waals surface area contributed by atoms with Crippen molar-refractivity contribution in [1.82, 2.24) is 5.43 Å². The van der Waals surface area contributed by atoms with E-state index in [1.54, 1.807) is 61.5 Å². The predicted molar refractivity (Wildman–Crippen MR) is 137 cm³/mol. The number of esters is 1. The van der Waals surface area contributed by atoms with Crippen molar-refractivity contribution in [2.75, 3.05) is 6.61 Å². The van der Waals surface area contributed by atoms with E-state index in [-0.39, 0.29) is 0 Å². The smallest absolute Gasteiger partial charge is 0.343 e. The fraction of sp³-hybridized carbons (Fsp3) is 0.160. The van der Waals surface area contributed by atoms with Crippen LogP contribution < -0.4 is 19.6 Å². The largest absolute Gasteiger partial charge is 0.494 e. The fourth-order valence-electron chi connectivity index (χ4n) is 2.75. The standard InChI is InChI=1S/C25H22Br2N2O5/c1-3-32-21-9-4-17(5-10-21)25(31)34-23-13-8-20(27)14-18(23)15-28-29-24(30)16(2)33-22-11-6-19(26)7-12-22/h4-16H,3H2,1-2H3,(H,29,30). The third kappa shape index (κ3) is 7.43. The molecule has 3 aromatic rings. The Labute approximate surface area is 214 Å². The van der Waals surface area contributed by atoms with Gasteiger partial charge >= 0.3 is 5.97 Å². The zero-order chi connectivity index (χ0) is 24.5. The van der Waals surface area contributed by atoms with Crippen LogP contribution in [0.15, 0.2) is 80.8 Å². The van der Waals surface area contributed by atoms with E-state index in [9.17, 15) is 9.59 Å². The van der Waals surface area contributed by atoms with Gasteiger partial charge in [0, 0.05) is 14.5 Å². The number of carbonyl (C=O) groups excluding carboxylic acids is 2. The zero-order valence-corrected chi connectivity index (χ0v) is 21.6. The molecule has 0 aliphatic carbocycles. The number of halogens is 2.